The first kappa shape index (κ1) is 14.9. The van der Waals surface area contributed by atoms with E-state index in [1.807, 2.05) is 6.92 Å². The molecule has 1 aromatic heterocycles. The van der Waals surface area contributed by atoms with Crippen molar-refractivity contribution in [2.45, 2.75) is 57.2 Å². The lowest BCUT2D eigenvalue weighted by Gasteiger charge is -2.15. The molecule has 0 bridgehead atoms. The lowest BCUT2D eigenvalue weighted by molar-refractivity contribution is -0.119. The Hall–Kier alpha value is -0.550. The highest BCUT2D eigenvalue weighted by molar-refractivity contribution is 7.99. The average molecular weight is 298 g/mol. The van der Waals surface area contributed by atoms with Crippen molar-refractivity contribution in [3.63, 3.8) is 0 Å². The third-order valence-corrected chi connectivity index (χ3v) is 5.16. The Morgan fingerprint density at radius 3 is 2.79 bits per heavy atom. The third-order valence-electron chi connectivity index (χ3n) is 3.37. The fraction of sp³-hybridized carbons (Fsp3) is 0.714. The zero-order chi connectivity index (χ0) is 13.5. The molecule has 1 saturated carbocycles. The van der Waals surface area contributed by atoms with E-state index in [1.54, 1.807) is 23.1 Å². The summed E-state index contributed by atoms with van der Waals surface area (Å²) in [5.74, 6) is 1.57. The molecule has 0 aliphatic heterocycles. The SMILES string of the molecule is Cc1nc(CSCC(=O)NC2CCCCCC2)cs1. The monoisotopic (exact) mass is 298 g/mol. The number of rotatable bonds is 5. The lowest BCUT2D eigenvalue weighted by Crippen LogP contribution is -2.35. The zero-order valence-electron chi connectivity index (χ0n) is 11.5. The van der Waals surface area contributed by atoms with Gasteiger partial charge in [-0.15, -0.1) is 23.1 Å². The number of thiazole rings is 1. The number of aromatic nitrogens is 1. The molecule has 0 atom stereocenters. The number of nitrogens with zero attached hydrogens (tertiary/aromatic N) is 1. The maximum atomic E-state index is 11.9. The number of carbonyl (C=O) groups is 1. The second-order valence-electron chi connectivity index (χ2n) is 5.11. The van der Waals surface area contributed by atoms with Crippen LogP contribution < -0.4 is 5.32 Å². The minimum absolute atomic E-state index is 0.184. The summed E-state index contributed by atoms with van der Waals surface area (Å²) in [6, 6.07) is 0.414. The molecule has 0 unspecified atom stereocenters. The summed E-state index contributed by atoms with van der Waals surface area (Å²) in [4.78, 5) is 16.3. The first-order valence-electron chi connectivity index (χ1n) is 7.02. The first-order valence-corrected chi connectivity index (χ1v) is 9.05. The highest BCUT2D eigenvalue weighted by Gasteiger charge is 2.14. The van der Waals surface area contributed by atoms with Crippen molar-refractivity contribution in [1.29, 1.82) is 0 Å². The minimum Gasteiger partial charge on any atom is -0.353 e. The highest BCUT2D eigenvalue weighted by Crippen LogP contribution is 2.18. The molecular weight excluding hydrogens is 276 g/mol. The van der Waals surface area contributed by atoms with E-state index in [1.165, 1.54) is 25.7 Å². The third kappa shape index (κ3) is 5.53. The van der Waals surface area contributed by atoms with Crippen molar-refractivity contribution < 1.29 is 4.79 Å². The summed E-state index contributed by atoms with van der Waals surface area (Å²) in [6.45, 7) is 2.01. The molecule has 0 aromatic carbocycles. The predicted molar refractivity (Wildman–Crippen MR) is 82.6 cm³/mol. The van der Waals surface area contributed by atoms with Crippen LogP contribution >= 0.6 is 23.1 Å². The van der Waals surface area contributed by atoms with Gasteiger partial charge in [0.2, 0.25) is 5.91 Å². The van der Waals surface area contributed by atoms with E-state index in [-0.39, 0.29) is 5.91 Å². The molecule has 1 amide bonds. The van der Waals surface area contributed by atoms with Crippen molar-refractivity contribution in [3.05, 3.63) is 16.1 Å². The largest absolute Gasteiger partial charge is 0.353 e. The Balaban J connectivity index is 1.63. The van der Waals surface area contributed by atoms with E-state index in [0.717, 1.165) is 29.3 Å². The number of hydrogen-bond acceptors (Lipinski definition) is 4. The Kier molecular flexibility index (Phi) is 6.17. The van der Waals surface area contributed by atoms with Crippen LogP contribution in [0.15, 0.2) is 5.38 Å². The number of carbonyl (C=O) groups excluding carboxylic acids is 1. The Morgan fingerprint density at radius 1 is 1.42 bits per heavy atom. The van der Waals surface area contributed by atoms with Gasteiger partial charge in [-0.1, -0.05) is 25.7 Å². The van der Waals surface area contributed by atoms with E-state index in [9.17, 15) is 4.79 Å². The number of aryl methyl sites for hydroxylation is 1. The maximum Gasteiger partial charge on any atom is 0.230 e. The van der Waals surface area contributed by atoms with Crippen molar-refractivity contribution in [2.75, 3.05) is 5.75 Å². The van der Waals surface area contributed by atoms with Gasteiger partial charge in [-0.05, 0) is 19.8 Å². The molecule has 5 heteroatoms. The predicted octanol–water partition coefficient (Wildman–Crippen LogP) is 3.52. The van der Waals surface area contributed by atoms with E-state index in [2.05, 4.69) is 15.7 Å². The summed E-state index contributed by atoms with van der Waals surface area (Å²) in [6.07, 6.45) is 7.48. The van der Waals surface area contributed by atoms with Crippen LogP contribution in [0.3, 0.4) is 0 Å². The second kappa shape index (κ2) is 7.90. The molecule has 1 aliphatic carbocycles. The van der Waals surface area contributed by atoms with Crippen LogP contribution in [-0.4, -0.2) is 22.7 Å². The molecule has 106 valence electrons. The van der Waals surface area contributed by atoms with Crippen molar-refractivity contribution >= 4 is 29.0 Å². The van der Waals surface area contributed by atoms with Gasteiger partial charge in [0, 0.05) is 17.2 Å². The summed E-state index contributed by atoms with van der Waals surface area (Å²) < 4.78 is 0. The summed E-state index contributed by atoms with van der Waals surface area (Å²) in [5.41, 5.74) is 1.09. The number of amides is 1. The van der Waals surface area contributed by atoms with Gasteiger partial charge in [-0.2, -0.15) is 0 Å². The average Bonchev–Trinajstić information content (AvgIpc) is 2.63. The van der Waals surface area contributed by atoms with Gasteiger partial charge in [-0.3, -0.25) is 4.79 Å². The maximum absolute atomic E-state index is 11.9. The molecule has 2 rings (SSSR count). The van der Waals surface area contributed by atoms with Crippen molar-refractivity contribution in [1.82, 2.24) is 10.3 Å². The number of thioether (sulfide) groups is 1. The van der Waals surface area contributed by atoms with E-state index in [0.29, 0.717) is 11.8 Å². The van der Waals surface area contributed by atoms with E-state index in [4.69, 9.17) is 0 Å². The van der Waals surface area contributed by atoms with Crippen LogP contribution in [-0.2, 0) is 10.5 Å². The first-order chi connectivity index (χ1) is 9.24. The van der Waals surface area contributed by atoms with Crippen LogP contribution in [0.25, 0.3) is 0 Å². The number of nitrogens with one attached hydrogen (secondary N) is 1. The molecule has 19 heavy (non-hydrogen) atoms. The molecule has 3 nitrogen and oxygen atoms in total. The second-order valence-corrected chi connectivity index (χ2v) is 7.15. The van der Waals surface area contributed by atoms with Gasteiger partial charge >= 0.3 is 0 Å². The Labute approximate surface area is 123 Å². The quantitative estimate of drug-likeness (QED) is 0.846. The number of hydrogen-bond donors (Lipinski definition) is 1. The smallest absolute Gasteiger partial charge is 0.230 e. The van der Waals surface area contributed by atoms with Crippen LogP contribution in [0.5, 0.6) is 0 Å². The van der Waals surface area contributed by atoms with Crippen molar-refractivity contribution in [3.8, 4) is 0 Å². The fourth-order valence-electron chi connectivity index (χ4n) is 2.42. The van der Waals surface area contributed by atoms with Gasteiger partial charge in [0.1, 0.15) is 0 Å². The molecule has 1 fully saturated rings. The fourth-order valence-corrected chi connectivity index (χ4v) is 3.86. The molecule has 1 aromatic rings. The van der Waals surface area contributed by atoms with E-state index < -0.39 is 0 Å². The minimum atomic E-state index is 0.184. The van der Waals surface area contributed by atoms with Crippen molar-refractivity contribution in [2.24, 2.45) is 0 Å². The molecule has 1 aliphatic rings. The molecule has 0 saturated heterocycles. The molecule has 1 N–H and O–H groups in total. The summed E-state index contributed by atoms with van der Waals surface area (Å²) in [7, 11) is 0. The van der Waals surface area contributed by atoms with Gasteiger partial charge in [0.25, 0.3) is 0 Å². The van der Waals surface area contributed by atoms with Gasteiger partial charge in [-0.25, -0.2) is 4.98 Å². The van der Waals surface area contributed by atoms with Crippen LogP contribution in [0.1, 0.15) is 49.2 Å². The van der Waals surface area contributed by atoms with Crippen LogP contribution in [0.4, 0.5) is 0 Å². The van der Waals surface area contributed by atoms with Gasteiger partial charge in [0.15, 0.2) is 0 Å². The molecule has 0 radical (unpaired) electrons. The van der Waals surface area contributed by atoms with Crippen LogP contribution in [0.2, 0.25) is 0 Å². The molecule has 1 heterocycles. The van der Waals surface area contributed by atoms with Gasteiger partial charge in [0.05, 0.1) is 16.5 Å². The Morgan fingerprint density at radius 2 is 2.16 bits per heavy atom. The van der Waals surface area contributed by atoms with Crippen LogP contribution in [0, 0.1) is 6.92 Å². The molecule has 0 spiro atoms. The zero-order valence-corrected chi connectivity index (χ0v) is 13.1. The van der Waals surface area contributed by atoms with E-state index >= 15 is 0 Å². The summed E-state index contributed by atoms with van der Waals surface area (Å²) in [5, 5.41) is 6.34. The highest BCUT2D eigenvalue weighted by atomic mass is 32.2. The lowest BCUT2D eigenvalue weighted by atomic mass is 10.1. The Bertz CT molecular complexity index is 398. The summed E-state index contributed by atoms with van der Waals surface area (Å²) >= 11 is 3.32. The normalized spacial score (nSPS) is 17.1. The van der Waals surface area contributed by atoms with Gasteiger partial charge < -0.3 is 5.32 Å². The standard InChI is InChI=1S/C14H22N2OS2/c1-11-15-13(9-19-11)8-18-10-14(17)16-12-6-4-2-3-5-7-12/h9,12H,2-8,10H2,1H3,(H,16,17). The molecular formula is C14H22N2OS2. The topological polar surface area (TPSA) is 42.0 Å².